The highest BCUT2D eigenvalue weighted by molar-refractivity contribution is 6.33. The highest BCUT2D eigenvalue weighted by atomic mass is 35.5. The van der Waals surface area contributed by atoms with Crippen molar-refractivity contribution in [2.24, 2.45) is 0 Å². The van der Waals surface area contributed by atoms with Crippen LogP contribution in [0.2, 0.25) is 5.02 Å². The van der Waals surface area contributed by atoms with Crippen molar-refractivity contribution in [1.29, 1.82) is 0 Å². The van der Waals surface area contributed by atoms with Crippen molar-refractivity contribution in [2.45, 2.75) is 19.0 Å². The molecule has 1 aromatic carbocycles. The maximum atomic E-state index is 12.9. The van der Waals surface area contributed by atoms with Crippen molar-refractivity contribution >= 4 is 23.2 Å². The Balaban J connectivity index is 2.04. The number of nitrogens with one attached hydrogen (secondary N) is 1. The summed E-state index contributed by atoms with van der Waals surface area (Å²) in [4.78, 5) is 14.2. The van der Waals surface area contributed by atoms with E-state index in [1.807, 2.05) is 0 Å². The van der Waals surface area contributed by atoms with Gasteiger partial charge in [-0.05, 0) is 38.1 Å². The zero-order valence-corrected chi connectivity index (χ0v) is 12.6. The fourth-order valence-electron chi connectivity index (χ4n) is 2.42. The molecule has 0 spiro atoms. The second kappa shape index (κ2) is 6.75. The number of nitrogen functional groups attached to an aromatic ring is 1. The molecular weight excluding hydrogens is 319 g/mol. The van der Waals surface area contributed by atoms with Crippen LogP contribution >= 0.6 is 11.6 Å². The molecule has 1 aliphatic heterocycles. The average molecular weight is 336 g/mol. The van der Waals surface area contributed by atoms with Crippen LogP contribution in [0.1, 0.15) is 28.8 Å². The van der Waals surface area contributed by atoms with Crippen LogP contribution in [0, 0.1) is 0 Å². The van der Waals surface area contributed by atoms with Crippen LogP contribution in [-0.2, 0) is 6.18 Å². The minimum atomic E-state index is -4.65. The summed E-state index contributed by atoms with van der Waals surface area (Å²) < 4.78 is 38.6. The average Bonchev–Trinajstić information content (AvgIpc) is 2.93. The Labute approximate surface area is 131 Å². The predicted molar refractivity (Wildman–Crippen MR) is 78.9 cm³/mol. The molecule has 0 aromatic heterocycles. The van der Waals surface area contributed by atoms with Crippen molar-refractivity contribution in [1.82, 2.24) is 10.2 Å². The topological polar surface area (TPSA) is 58.4 Å². The number of carbonyl (C=O) groups is 1. The lowest BCUT2D eigenvalue weighted by atomic mass is 10.1. The molecule has 1 heterocycles. The lowest BCUT2D eigenvalue weighted by Crippen LogP contribution is -2.33. The lowest BCUT2D eigenvalue weighted by Gasteiger charge is -2.16. The molecule has 1 amide bonds. The Hall–Kier alpha value is -1.47. The number of hydrogen-bond donors (Lipinski definition) is 2. The molecule has 0 bridgehead atoms. The molecule has 3 N–H and O–H groups in total. The number of halogens is 4. The van der Waals surface area contributed by atoms with Gasteiger partial charge >= 0.3 is 6.18 Å². The van der Waals surface area contributed by atoms with Gasteiger partial charge in [0.15, 0.2) is 0 Å². The van der Waals surface area contributed by atoms with E-state index in [-0.39, 0.29) is 10.6 Å². The van der Waals surface area contributed by atoms with Gasteiger partial charge in [0.1, 0.15) is 0 Å². The van der Waals surface area contributed by atoms with Crippen molar-refractivity contribution in [3.05, 3.63) is 28.3 Å². The van der Waals surface area contributed by atoms with Crippen LogP contribution in [-0.4, -0.2) is 37.0 Å². The van der Waals surface area contributed by atoms with Gasteiger partial charge in [0, 0.05) is 18.7 Å². The smallest absolute Gasteiger partial charge is 0.397 e. The predicted octanol–water partition coefficient (Wildman–Crippen LogP) is 2.77. The first-order valence-electron chi connectivity index (χ1n) is 6.96. The molecule has 122 valence electrons. The highest BCUT2D eigenvalue weighted by Crippen LogP contribution is 2.37. The molecule has 8 heteroatoms. The maximum absolute atomic E-state index is 12.9. The standard InChI is InChI=1S/C14H17ClF3N3O/c15-11-8-9(7-10(12(11)19)14(16,17)18)13(22)20-3-6-21-4-1-2-5-21/h7-8H,1-6,19H2,(H,20,22). The summed E-state index contributed by atoms with van der Waals surface area (Å²) >= 11 is 5.69. The van der Waals surface area contributed by atoms with Gasteiger partial charge in [-0.15, -0.1) is 0 Å². The third kappa shape index (κ3) is 4.04. The summed E-state index contributed by atoms with van der Waals surface area (Å²) in [7, 11) is 0. The number of alkyl halides is 3. The number of nitrogens with zero attached hydrogens (tertiary/aromatic N) is 1. The first-order chi connectivity index (χ1) is 10.3. The molecule has 0 atom stereocenters. The molecule has 2 rings (SSSR count). The first kappa shape index (κ1) is 16.9. The zero-order valence-electron chi connectivity index (χ0n) is 11.8. The number of amides is 1. The summed E-state index contributed by atoms with van der Waals surface area (Å²) in [5.74, 6) is -0.591. The van der Waals surface area contributed by atoms with E-state index in [1.54, 1.807) is 0 Å². The number of hydrogen-bond acceptors (Lipinski definition) is 3. The van der Waals surface area contributed by atoms with Gasteiger partial charge in [0.25, 0.3) is 5.91 Å². The molecule has 1 saturated heterocycles. The number of benzene rings is 1. The molecule has 1 aromatic rings. The van der Waals surface area contributed by atoms with E-state index >= 15 is 0 Å². The van der Waals surface area contributed by atoms with Gasteiger partial charge in [-0.3, -0.25) is 4.79 Å². The second-order valence-electron chi connectivity index (χ2n) is 5.22. The molecule has 1 fully saturated rings. The van der Waals surface area contributed by atoms with Crippen LogP contribution in [0.25, 0.3) is 0 Å². The molecular formula is C14H17ClF3N3O. The maximum Gasteiger partial charge on any atom is 0.418 e. The van der Waals surface area contributed by atoms with Crippen LogP contribution in [0.15, 0.2) is 12.1 Å². The molecule has 22 heavy (non-hydrogen) atoms. The summed E-state index contributed by atoms with van der Waals surface area (Å²) in [5, 5.41) is 2.33. The van der Waals surface area contributed by atoms with Gasteiger partial charge in [0.05, 0.1) is 16.3 Å². The van der Waals surface area contributed by atoms with Crippen molar-refractivity contribution < 1.29 is 18.0 Å². The summed E-state index contributed by atoms with van der Waals surface area (Å²) in [6, 6.07) is 1.88. The second-order valence-corrected chi connectivity index (χ2v) is 5.63. The molecule has 0 aliphatic carbocycles. The fourth-order valence-corrected chi connectivity index (χ4v) is 2.64. The van der Waals surface area contributed by atoms with Crippen LogP contribution in [0.4, 0.5) is 18.9 Å². The fraction of sp³-hybridized carbons (Fsp3) is 0.500. The van der Waals surface area contributed by atoms with Crippen LogP contribution in [0.3, 0.4) is 0 Å². The molecule has 0 saturated carbocycles. The number of anilines is 1. The minimum absolute atomic E-state index is 0.145. The summed E-state index contributed by atoms with van der Waals surface area (Å²) in [6.45, 7) is 3.03. The lowest BCUT2D eigenvalue weighted by molar-refractivity contribution is -0.136. The van der Waals surface area contributed by atoms with E-state index in [4.69, 9.17) is 17.3 Å². The number of likely N-dealkylation sites (tertiary alicyclic amines) is 1. The zero-order chi connectivity index (χ0) is 16.3. The monoisotopic (exact) mass is 335 g/mol. The molecule has 0 unspecified atom stereocenters. The van der Waals surface area contributed by atoms with E-state index in [0.29, 0.717) is 13.1 Å². The highest BCUT2D eigenvalue weighted by Gasteiger charge is 2.34. The van der Waals surface area contributed by atoms with E-state index in [1.165, 1.54) is 0 Å². The van der Waals surface area contributed by atoms with Gasteiger partial charge in [-0.2, -0.15) is 13.2 Å². The van der Waals surface area contributed by atoms with Gasteiger partial charge in [-0.1, -0.05) is 11.6 Å². The number of carbonyl (C=O) groups excluding carboxylic acids is 1. The van der Waals surface area contributed by atoms with Crippen molar-refractivity contribution in [3.8, 4) is 0 Å². The summed E-state index contributed by atoms with van der Waals surface area (Å²) in [5.41, 5.74) is 3.53. The Kier molecular flexibility index (Phi) is 5.18. The van der Waals surface area contributed by atoms with Crippen LogP contribution in [0.5, 0.6) is 0 Å². The van der Waals surface area contributed by atoms with E-state index in [0.717, 1.165) is 38.1 Å². The molecule has 1 aliphatic rings. The third-order valence-electron chi connectivity index (χ3n) is 3.61. The van der Waals surface area contributed by atoms with Crippen LogP contribution < -0.4 is 11.1 Å². The normalized spacial score (nSPS) is 16.0. The van der Waals surface area contributed by atoms with Crippen molar-refractivity contribution in [2.75, 3.05) is 31.9 Å². The number of nitrogens with two attached hydrogens (primary N) is 1. The van der Waals surface area contributed by atoms with Gasteiger partial charge in [0.2, 0.25) is 0 Å². The quantitative estimate of drug-likeness (QED) is 0.832. The Morgan fingerprint density at radius 3 is 2.55 bits per heavy atom. The Bertz CT molecular complexity index is 557. The summed E-state index contributed by atoms with van der Waals surface area (Å²) in [6.07, 6.45) is -2.38. The van der Waals surface area contributed by atoms with E-state index in [2.05, 4.69) is 10.2 Å². The SMILES string of the molecule is Nc1c(Cl)cc(C(=O)NCCN2CCCC2)cc1C(F)(F)F. The first-order valence-corrected chi connectivity index (χ1v) is 7.33. The number of rotatable bonds is 4. The Morgan fingerprint density at radius 2 is 1.95 bits per heavy atom. The minimum Gasteiger partial charge on any atom is -0.397 e. The largest absolute Gasteiger partial charge is 0.418 e. The van der Waals surface area contributed by atoms with Gasteiger partial charge in [-0.25, -0.2) is 0 Å². The van der Waals surface area contributed by atoms with Crippen molar-refractivity contribution in [3.63, 3.8) is 0 Å². The van der Waals surface area contributed by atoms with E-state index in [9.17, 15) is 18.0 Å². The van der Waals surface area contributed by atoms with Gasteiger partial charge < -0.3 is 16.0 Å². The van der Waals surface area contributed by atoms with E-state index < -0.39 is 23.3 Å². The molecule has 0 radical (unpaired) electrons. The molecule has 4 nitrogen and oxygen atoms in total. The third-order valence-corrected chi connectivity index (χ3v) is 3.92. The Morgan fingerprint density at radius 1 is 1.32 bits per heavy atom.